The molecule has 2 aromatic carbocycles. The van der Waals surface area contributed by atoms with E-state index in [9.17, 15) is 9.59 Å². The summed E-state index contributed by atoms with van der Waals surface area (Å²) in [6, 6.07) is 18.7. The molecule has 6 heteroatoms. The van der Waals surface area contributed by atoms with Gasteiger partial charge in [-0.2, -0.15) is 0 Å². The van der Waals surface area contributed by atoms with E-state index in [1.165, 1.54) is 0 Å². The molecule has 1 aliphatic heterocycles. The summed E-state index contributed by atoms with van der Waals surface area (Å²) in [7, 11) is 0. The van der Waals surface area contributed by atoms with Gasteiger partial charge in [0, 0.05) is 6.54 Å². The Morgan fingerprint density at radius 2 is 1.61 bits per heavy atom. The van der Waals surface area contributed by atoms with Gasteiger partial charge in [-0.15, -0.1) is 0 Å². The standard InChI is InChI=1S/C25H31NO5/c1-24(2,3)31-23(28)26-16-10-15-25(26,18-29-17-20-11-6-4-7-12-20)19-30-22(27)21-13-8-5-9-14-21/h4-9,11-14H,10,15-19H2,1-3H3/t25-/m0/s1. The molecule has 0 aromatic heterocycles. The molecule has 1 amide bonds. The van der Waals surface area contributed by atoms with Gasteiger partial charge in [0.25, 0.3) is 0 Å². The van der Waals surface area contributed by atoms with Crippen LogP contribution in [0.15, 0.2) is 60.7 Å². The molecule has 3 rings (SSSR count). The summed E-state index contributed by atoms with van der Waals surface area (Å²) < 4.78 is 17.3. The van der Waals surface area contributed by atoms with E-state index < -0.39 is 23.2 Å². The quantitative estimate of drug-likeness (QED) is 0.595. The van der Waals surface area contributed by atoms with Crippen LogP contribution in [0.25, 0.3) is 0 Å². The number of carbonyl (C=O) groups is 2. The summed E-state index contributed by atoms with van der Waals surface area (Å²) in [6.07, 6.45) is 1.05. The van der Waals surface area contributed by atoms with Crippen molar-refractivity contribution in [3.8, 4) is 0 Å². The number of nitrogens with zero attached hydrogens (tertiary/aromatic N) is 1. The molecule has 1 saturated heterocycles. The van der Waals surface area contributed by atoms with Gasteiger partial charge in [-0.05, 0) is 51.3 Å². The van der Waals surface area contributed by atoms with E-state index in [2.05, 4.69) is 0 Å². The zero-order valence-electron chi connectivity index (χ0n) is 18.5. The SMILES string of the molecule is CC(C)(C)OC(=O)N1CCC[C@]1(COCc1ccccc1)COC(=O)c1ccccc1. The van der Waals surface area contributed by atoms with E-state index in [-0.39, 0.29) is 13.2 Å². The molecule has 0 unspecified atom stereocenters. The van der Waals surface area contributed by atoms with Crippen LogP contribution in [0.4, 0.5) is 4.79 Å². The number of ether oxygens (including phenoxy) is 3. The van der Waals surface area contributed by atoms with Gasteiger partial charge in [0.05, 0.1) is 18.8 Å². The number of esters is 1. The fraction of sp³-hybridized carbons (Fsp3) is 0.440. The summed E-state index contributed by atoms with van der Waals surface area (Å²) >= 11 is 0. The van der Waals surface area contributed by atoms with Gasteiger partial charge in [0.15, 0.2) is 0 Å². The van der Waals surface area contributed by atoms with Gasteiger partial charge in [0.2, 0.25) is 0 Å². The molecule has 31 heavy (non-hydrogen) atoms. The minimum Gasteiger partial charge on any atom is -0.459 e. The van der Waals surface area contributed by atoms with Crippen LogP contribution < -0.4 is 0 Å². The molecule has 0 bridgehead atoms. The fourth-order valence-corrected chi connectivity index (χ4v) is 3.67. The van der Waals surface area contributed by atoms with Gasteiger partial charge in [-0.3, -0.25) is 4.90 Å². The minimum atomic E-state index is -0.762. The number of benzene rings is 2. The first kappa shape index (κ1) is 22.8. The van der Waals surface area contributed by atoms with E-state index in [0.29, 0.717) is 25.1 Å². The second-order valence-corrected chi connectivity index (χ2v) is 8.88. The number of rotatable bonds is 7. The summed E-state index contributed by atoms with van der Waals surface area (Å²) in [5.41, 5.74) is 0.142. The molecule has 1 aliphatic rings. The summed E-state index contributed by atoms with van der Waals surface area (Å²) in [5.74, 6) is -0.418. The Bertz CT molecular complexity index is 862. The molecule has 1 heterocycles. The molecule has 0 radical (unpaired) electrons. The van der Waals surface area contributed by atoms with Gasteiger partial charge in [-0.1, -0.05) is 48.5 Å². The van der Waals surface area contributed by atoms with Crippen LogP contribution in [0.2, 0.25) is 0 Å². The van der Waals surface area contributed by atoms with Crippen LogP contribution in [-0.2, 0) is 20.8 Å². The Hall–Kier alpha value is -2.86. The smallest absolute Gasteiger partial charge is 0.410 e. The first-order valence-electron chi connectivity index (χ1n) is 10.6. The van der Waals surface area contributed by atoms with Gasteiger partial charge in [-0.25, -0.2) is 9.59 Å². The second kappa shape index (κ2) is 9.96. The maximum absolute atomic E-state index is 12.9. The maximum atomic E-state index is 12.9. The van der Waals surface area contributed by atoms with Crippen molar-refractivity contribution in [1.82, 2.24) is 4.90 Å². The highest BCUT2D eigenvalue weighted by Crippen LogP contribution is 2.32. The Morgan fingerprint density at radius 1 is 0.968 bits per heavy atom. The van der Waals surface area contributed by atoms with E-state index in [1.54, 1.807) is 29.2 Å². The fourth-order valence-electron chi connectivity index (χ4n) is 3.67. The highest BCUT2D eigenvalue weighted by atomic mass is 16.6. The molecule has 2 aromatic rings. The summed E-state index contributed by atoms with van der Waals surface area (Å²) in [4.78, 5) is 27.1. The molecule has 0 saturated carbocycles. The predicted molar refractivity (Wildman–Crippen MR) is 118 cm³/mol. The van der Waals surface area contributed by atoms with Crippen molar-refractivity contribution in [2.45, 2.75) is 51.4 Å². The van der Waals surface area contributed by atoms with Gasteiger partial charge in [0.1, 0.15) is 17.7 Å². The second-order valence-electron chi connectivity index (χ2n) is 8.88. The summed E-state index contributed by atoms with van der Waals surface area (Å²) in [6.45, 7) is 6.76. The van der Waals surface area contributed by atoms with Crippen LogP contribution in [0, 0.1) is 0 Å². The Labute approximate surface area is 184 Å². The van der Waals surface area contributed by atoms with E-state index in [1.807, 2.05) is 57.2 Å². The molecular formula is C25H31NO5. The molecule has 0 aliphatic carbocycles. The van der Waals surface area contributed by atoms with Crippen LogP contribution in [-0.4, -0.2) is 47.9 Å². The van der Waals surface area contributed by atoms with Crippen LogP contribution >= 0.6 is 0 Å². The normalized spacial score (nSPS) is 18.6. The van der Waals surface area contributed by atoms with E-state index in [4.69, 9.17) is 14.2 Å². The Kier molecular flexibility index (Phi) is 7.33. The third kappa shape index (κ3) is 6.31. The number of carbonyl (C=O) groups excluding carboxylic acids is 2. The van der Waals surface area contributed by atoms with Crippen molar-refractivity contribution >= 4 is 12.1 Å². The van der Waals surface area contributed by atoms with Crippen LogP contribution in [0.3, 0.4) is 0 Å². The van der Waals surface area contributed by atoms with E-state index >= 15 is 0 Å². The van der Waals surface area contributed by atoms with Crippen LogP contribution in [0.5, 0.6) is 0 Å². The maximum Gasteiger partial charge on any atom is 0.410 e. The van der Waals surface area contributed by atoms with Crippen molar-refractivity contribution < 1.29 is 23.8 Å². The van der Waals surface area contributed by atoms with Crippen LogP contribution in [0.1, 0.15) is 49.5 Å². The number of amides is 1. The lowest BCUT2D eigenvalue weighted by Gasteiger charge is -2.38. The largest absolute Gasteiger partial charge is 0.459 e. The van der Waals surface area contributed by atoms with Crippen molar-refractivity contribution in [2.75, 3.05) is 19.8 Å². The molecule has 166 valence electrons. The first-order chi connectivity index (χ1) is 14.8. The lowest BCUT2D eigenvalue weighted by Crippen LogP contribution is -2.55. The zero-order chi connectivity index (χ0) is 22.3. The number of hydrogen-bond acceptors (Lipinski definition) is 5. The van der Waals surface area contributed by atoms with Crippen molar-refractivity contribution in [3.63, 3.8) is 0 Å². The average Bonchev–Trinajstić information content (AvgIpc) is 3.16. The molecule has 6 nitrogen and oxygen atoms in total. The van der Waals surface area contributed by atoms with Crippen molar-refractivity contribution in [2.24, 2.45) is 0 Å². The van der Waals surface area contributed by atoms with Crippen molar-refractivity contribution in [1.29, 1.82) is 0 Å². The highest BCUT2D eigenvalue weighted by molar-refractivity contribution is 5.89. The lowest BCUT2D eigenvalue weighted by atomic mass is 9.98. The molecule has 0 spiro atoms. The third-order valence-corrected chi connectivity index (χ3v) is 5.17. The number of likely N-dealkylation sites (tertiary alicyclic amines) is 1. The molecular weight excluding hydrogens is 394 g/mol. The Balaban J connectivity index is 1.73. The van der Waals surface area contributed by atoms with Crippen molar-refractivity contribution in [3.05, 3.63) is 71.8 Å². The molecule has 1 atom stereocenters. The topological polar surface area (TPSA) is 65.1 Å². The first-order valence-corrected chi connectivity index (χ1v) is 10.6. The highest BCUT2D eigenvalue weighted by Gasteiger charge is 2.47. The van der Waals surface area contributed by atoms with Gasteiger partial charge >= 0.3 is 12.1 Å². The molecule has 1 fully saturated rings. The summed E-state index contributed by atoms with van der Waals surface area (Å²) in [5, 5.41) is 0. The predicted octanol–water partition coefficient (Wildman–Crippen LogP) is 4.83. The van der Waals surface area contributed by atoms with E-state index in [0.717, 1.165) is 12.0 Å². The van der Waals surface area contributed by atoms with Gasteiger partial charge < -0.3 is 14.2 Å². The zero-order valence-corrected chi connectivity index (χ0v) is 18.5. The monoisotopic (exact) mass is 425 g/mol. The molecule has 0 N–H and O–H groups in total. The Morgan fingerprint density at radius 3 is 2.26 bits per heavy atom. The lowest BCUT2D eigenvalue weighted by molar-refractivity contribution is -0.0472. The number of hydrogen-bond donors (Lipinski definition) is 0. The average molecular weight is 426 g/mol. The third-order valence-electron chi connectivity index (χ3n) is 5.17. The minimum absolute atomic E-state index is 0.0504.